The van der Waals surface area contributed by atoms with E-state index in [2.05, 4.69) is 82.0 Å². The minimum Gasteiger partial charge on any atom is -0.458 e. The molecule has 1 atom stereocenters. The first kappa shape index (κ1) is 16.0. The number of nitrogens with zero attached hydrogens (tertiary/aromatic N) is 1. The summed E-state index contributed by atoms with van der Waals surface area (Å²) in [5.41, 5.74) is 3.51. The molecule has 0 bridgehead atoms. The number of benzene rings is 3. The zero-order valence-electron chi connectivity index (χ0n) is 13.7. The normalized spacial score (nSPS) is 16.3. The van der Waals surface area contributed by atoms with E-state index in [1.807, 2.05) is 24.3 Å². The molecule has 0 amide bonds. The van der Waals surface area contributed by atoms with E-state index >= 15 is 0 Å². The van der Waals surface area contributed by atoms with E-state index in [9.17, 15) is 0 Å². The molecular formula is C22H18BrNO. The zero-order chi connectivity index (χ0) is 17.2. The Morgan fingerprint density at radius 3 is 2.32 bits per heavy atom. The highest BCUT2D eigenvalue weighted by atomic mass is 79.9. The maximum absolute atomic E-state index is 6.05. The van der Waals surface area contributed by atoms with Crippen LogP contribution in [0.5, 0.6) is 5.75 Å². The highest BCUT2D eigenvalue weighted by molar-refractivity contribution is 9.10. The summed E-state index contributed by atoms with van der Waals surface area (Å²) >= 11 is 3.51. The summed E-state index contributed by atoms with van der Waals surface area (Å²) in [4.78, 5) is 2.36. The average Bonchev–Trinajstić information content (AvgIpc) is 2.64. The third-order valence-electron chi connectivity index (χ3n) is 4.41. The lowest BCUT2D eigenvalue weighted by molar-refractivity contribution is 0.355. The Kier molecular flexibility index (Phi) is 4.33. The van der Waals surface area contributed by atoms with E-state index in [4.69, 9.17) is 4.74 Å². The number of rotatable bonds is 3. The van der Waals surface area contributed by atoms with E-state index < -0.39 is 0 Å². The van der Waals surface area contributed by atoms with Gasteiger partial charge in [0.1, 0.15) is 17.6 Å². The van der Waals surface area contributed by atoms with Crippen molar-refractivity contribution in [3.63, 3.8) is 0 Å². The van der Waals surface area contributed by atoms with Gasteiger partial charge in [-0.25, -0.2) is 0 Å². The lowest BCUT2D eigenvalue weighted by Gasteiger charge is -2.40. The molecule has 3 aromatic carbocycles. The molecule has 124 valence electrons. The first-order valence-electron chi connectivity index (χ1n) is 8.24. The first-order valence-corrected chi connectivity index (χ1v) is 9.03. The monoisotopic (exact) mass is 391 g/mol. The van der Waals surface area contributed by atoms with Gasteiger partial charge >= 0.3 is 0 Å². The number of halogens is 1. The molecule has 0 fully saturated rings. The minimum atomic E-state index is -0.0248. The van der Waals surface area contributed by atoms with Crippen LogP contribution in [0, 0.1) is 0 Å². The fraction of sp³-hybridized carbons (Fsp3) is 0.0909. The van der Waals surface area contributed by atoms with Crippen molar-refractivity contribution in [1.82, 2.24) is 0 Å². The van der Waals surface area contributed by atoms with Crippen LogP contribution in [0.1, 0.15) is 17.2 Å². The molecule has 0 saturated heterocycles. The van der Waals surface area contributed by atoms with Crippen molar-refractivity contribution in [2.45, 2.75) is 12.6 Å². The van der Waals surface area contributed by atoms with Crippen molar-refractivity contribution in [1.29, 1.82) is 0 Å². The third-order valence-corrected chi connectivity index (χ3v) is 4.94. The molecule has 0 saturated carbocycles. The van der Waals surface area contributed by atoms with Crippen LogP contribution in [-0.4, -0.2) is 0 Å². The van der Waals surface area contributed by atoms with Gasteiger partial charge in [-0.3, -0.25) is 0 Å². The number of anilines is 1. The van der Waals surface area contributed by atoms with Crippen LogP contribution in [0.2, 0.25) is 0 Å². The summed E-state index contributed by atoms with van der Waals surface area (Å²) in [5.74, 6) is 1.61. The van der Waals surface area contributed by atoms with Crippen LogP contribution in [0.3, 0.4) is 0 Å². The summed E-state index contributed by atoms with van der Waals surface area (Å²) in [6.45, 7) is 5.00. The highest BCUT2D eigenvalue weighted by Gasteiger charge is 2.32. The lowest BCUT2D eigenvalue weighted by atomic mass is 10.00. The van der Waals surface area contributed by atoms with Gasteiger partial charge in [-0.05, 0) is 35.4 Å². The largest absolute Gasteiger partial charge is 0.458 e. The molecule has 3 aromatic rings. The fourth-order valence-corrected chi connectivity index (χ4v) is 3.52. The molecule has 0 spiro atoms. The number of para-hydroxylation sites is 2. The molecule has 25 heavy (non-hydrogen) atoms. The van der Waals surface area contributed by atoms with Crippen LogP contribution in [0.15, 0.2) is 95.7 Å². The van der Waals surface area contributed by atoms with Crippen LogP contribution in [-0.2, 0) is 6.54 Å². The average molecular weight is 392 g/mol. The highest BCUT2D eigenvalue weighted by Crippen LogP contribution is 2.44. The molecule has 0 radical (unpaired) electrons. The Hall–Kier alpha value is -2.52. The molecule has 0 unspecified atom stereocenters. The second-order valence-electron chi connectivity index (χ2n) is 6.10. The topological polar surface area (TPSA) is 12.5 Å². The fourth-order valence-electron chi connectivity index (χ4n) is 3.26. The number of fused-ring (bicyclic) bond motifs is 1. The lowest BCUT2D eigenvalue weighted by Crippen LogP contribution is -2.34. The van der Waals surface area contributed by atoms with Crippen LogP contribution >= 0.6 is 15.9 Å². The molecule has 4 rings (SSSR count). The van der Waals surface area contributed by atoms with Crippen LogP contribution in [0.4, 0.5) is 5.69 Å². The maximum Gasteiger partial charge on any atom is 0.150 e. The number of hydrogen-bond donors (Lipinski definition) is 0. The van der Waals surface area contributed by atoms with Gasteiger partial charge < -0.3 is 9.64 Å². The molecule has 1 heterocycles. The molecular weight excluding hydrogens is 374 g/mol. The van der Waals surface area contributed by atoms with Crippen molar-refractivity contribution in [3.05, 3.63) is 107 Å². The number of hydrogen-bond acceptors (Lipinski definition) is 2. The van der Waals surface area contributed by atoms with Crippen molar-refractivity contribution < 1.29 is 4.74 Å². The molecule has 2 nitrogen and oxygen atoms in total. The van der Waals surface area contributed by atoms with Gasteiger partial charge in [0, 0.05) is 11.0 Å². The summed E-state index contributed by atoms with van der Waals surface area (Å²) < 4.78 is 7.11. The van der Waals surface area contributed by atoms with E-state index in [-0.39, 0.29) is 6.04 Å². The zero-order valence-corrected chi connectivity index (χ0v) is 15.3. The summed E-state index contributed by atoms with van der Waals surface area (Å²) in [7, 11) is 0. The van der Waals surface area contributed by atoms with Crippen molar-refractivity contribution in [2.24, 2.45) is 0 Å². The SMILES string of the molecule is C=C1Oc2ccccc2N(Cc2ccccc2)[C@H]1c1ccc(Br)cc1. The van der Waals surface area contributed by atoms with E-state index in [1.54, 1.807) is 0 Å². The van der Waals surface area contributed by atoms with Gasteiger partial charge in [0.05, 0.1) is 5.69 Å². The van der Waals surface area contributed by atoms with Crippen molar-refractivity contribution in [2.75, 3.05) is 4.90 Å². The smallest absolute Gasteiger partial charge is 0.150 e. The maximum atomic E-state index is 6.05. The van der Waals surface area contributed by atoms with Gasteiger partial charge in [0.15, 0.2) is 0 Å². The Morgan fingerprint density at radius 2 is 1.56 bits per heavy atom. The standard InChI is InChI=1S/C22H18BrNO/c1-16-22(18-11-13-19(23)14-12-18)24(15-17-7-3-2-4-8-17)20-9-5-6-10-21(20)25-16/h2-14,22H,1,15H2/t22-/m1/s1. The second-order valence-corrected chi connectivity index (χ2v) is 7.02. The summed E-state index contributed by atoms with van der Waals surface area (Å²) in [6, 6.07) is 27.0. The van der Waals surface area contributed by atoms with Crippen molar-refractivity contribution >= 4 is 21.6 Å². The summed E-state index contributed by atoms with van der Waals surface area (Å²) in [5, 5.41) is 0. The van der Waals surface area contributed by atoms with Gasteiger partial charge in [0.25, 0.3) is 0 Å². The van der Waals surface area contributed by atoms with E-state index in [1.165, 1.54) is 11.1 Å². The second kappa shape index (κ2) is 6.77. The van der Waals surface area contributed by atoms with E-state index in [0.717, 1.165) is 28.2 Å². The van der Waals surface area contributed by atoms with E-state index in [0.29, 0.717) is 0 Å². The quantitative estimate of drug-likeness (QED) is 0.534. The molecule has 0 aliphatic carbocycles. The van der Waals surface area contributed by atoms with Crippen LogP contribution in [0.25, 0.3) is 0 Å². The molecule has 3 heteroatoms. The van der Waals surface area contributed by atoms with Gasteiger partial charge in [-0.15, -0.1) is 0 Å². The predicted octanol–water partition coefficient (Wildman–Crippen LogP) is 6.10. The minimum absolute atomic E-state index is 0.0248. The first-order chi connectivity index (χ1) is 12.2. The Balaban J connectivity index is 1.80. The molecule has 1 aliphatic heterocycles. The Bertz CT molecular complexity index is 889. The van der Waals surface area contributed by atoms with Gasteiger partial charge in [0.2, 0.25) is 0 Å². The molecule has 1 aliphatic rings. The predicted molar refractivity (Wildman–Crippen MR) is 106 cm³/mol. The molecule has 0 aromatic heterocycles. The van der Waals surface area contributed by atoms with Crippen LogP contribution < -0.4 is 9.64 Å². The van der Waals surface area contributed by atoms with Gasteiger partial charge in [-0.1, -0.05) is 77.1 Å². The molecule has 0 N–H and O–H groups in total. The number of ether oxygens (including phenoxy) is 1. The third kappa shape index (κ3) is 3.20. The summed E-state index contributed by atoms with van der Waals surface area (Å²) in [6.07, 6.45) is 0. The Labute approximate surface area is 156 Å². The van der Waals surface area contributed by atoms with Gasteiger partial charge in [-0.2, -0.15) is 0 Å². The Morgan fingerprint density at radius 1 is 0.880 bits per heavy atom. The van der Waals surface area contributed by atoms with Crippen molar-refractivity contribution in [3.8, 4) is 5.75 Å².